The third-order valence-electron chi connectivity index (χ3n) is 1.26. The maximum atomic E-state index is 11.9. The van der Waals surface area contributed by atoms with Gasteiger partial charge in [0.25, 0.3) is 0 Å². The van der Waals surface area contributed by atoms with Crippen LogP contribution in [0, 0.1) is 0 Å². The van der Waals surface area contributed by atoms with E-state index < -0.39 is 18.3 Å². The molecule has 84 valence electrons. The highest BCUT2D eigenvalue weighted by atomic mass is 19.4. The summed E-state index contributed by atoms with van der Waals surface area (Å²) in [6.07, 6.45) is -4.26. The molecule has 3 nitrogen and oxygen atoms in total. The summed E-state index contributed by atoms with van der Waals surface area (Å²) < 4.78 is 35.8. The minimum atomic E-state index is -4.26. The van der Waals surface area contributed by atoms with Crippen LogP contribution in [0.2, 0.25) is 0 Å². The summed E-state index contributed by atoms with van der Waals surface area (Å²) in [5, 5.41) is 0. The Morgan fingerprint density at radius 1 is 1.29 bits per heavy atom. The van der Waals surface area contributed by atoms with Gasteiger partial charge in [-0.15, -0.1) is 0 Å². The first kappa shape index (κ1) is 13.1. The highest BCUT2D eigenvalue weighted by Gasteiger charge is 2.30. The predicted octanol–water partition coefficient (Wildman–Crippen LogP) is 1.59. The molecule has 0 amide bonds. The molecular formula is C8H16F3N3. The molecular weight excluding hydrogens is 195 g/mol. The van der Waals surface area contributed by atoms with Crippen molar-refractivity contribution in [2.24, 2.45) is 10.7 Å². The zero-order chi connectivity index (χ0) is 11.6. The number of guanidine groups is 1. The van der Waals surface area contributed by atoms with E-state index in [2.05, 4.69) is 4.99 Å². The van der Waals surface area contributed by atoms with Gasteiger partial charge in [-0.25, -0.2) is 4.99 Å². The van der Waals surface area contributed by atoms with Crippen LogP contribution in [0.5, 0.6) is 0 Å². The molecule has 0 atom stereocenters. The normalized spacial score (nSPS) is 14.4. The second-order valence-corrected chi connectivity index (χ2v) is 4.11. The zero-order valence-corrected chi connectivity index (χ0v) is 8.81. The van der Waals surface area contributed by atoms with Crippen molar-refractivity contribution in [2.75, 3.05) is 13.6 Å². The van der Waals surface area contributed by atoms with Crippen molar-refractivity contribution in [3.8, 4) is 0 Å². The van der Waals surface area contributed by atoms with Gasteiger partial charge in [0.15, 0.2) is 5.96 Å². The van der Waals surface area contributed by atoms with Gasteiger partial charge in [0.05, 0.1) is 5.54 Å². The van der Waals surface area contributed by atoms with Crippen LogP contribution in [-0.4, -0.2) is 36.2 Å². The zero-order valence-electron chi connectivity index (χ0n) is 8.81. The Kier molecular flexibility index (Phi) is 3.79. The number of halogens is 3. The van der Waals surface area contributed by atoms with Crippen LogP contribution in [-0.2, 0) is 0 Å². The number of nitrogens with two attached hydrogens (primary N) is 1. The number of nitrogens with zero attached hydrogens (tertiary/aromatic N) is 2. The molecule has 0 aliphatic heterocycles. The Balaban J connectivity index is 4.41. The smallest absolute Gasteiger partial charge is 0.370 e. The van der Waals surface area contributed by atoms with E-state index in [4.69, 9.17) is 5.73 Å². The largest absolute Gasteiger partial charge is 0.406 e. The van der Waals surface area contributed by atoms with E-state index in [0.29, 0.717) is 0 Å². The van der Waals surface area contributed by atoms with Crippen LogP contribution >= 0.6 is 0 Å². The fourth-order valence-corrected chi connectivity index (χ4v) is 0.779. The summed E-state index contributed by atoms with van der Waals surface area (Å²) in [6.45, 7) is 4.21. The number of hydrogen-bond acceptors (Lipinski definition) is 1. The first-order valence-corrected chi connectivity index (χ1v) is 4.14. The van der Waals surface area contributed by atoms with E-state index in [0.717, 1.165) is 4.90 Å². The summed E-state index contributed by atoms with van der Waals surface area (Å²) in [7, 11) is 1.26. The van der Waals surface area contributed by atoms with Crippen molar-refractivity contribution in [1.29, 1.82) is 0 Å². The second-order valence-electron chi connectivity index (χ2n) is 4.11. The minimum absolute atomic E-state index is 0.102. The average Bonchev–Trinajstić information content (AvgIpc) is 1.78. The molecule has 2 N–H and O–H groups in total. The van der Waals surface area contributed by atoms with Gasteiger partial charge in [0, 0.05) is 7.05 Å². The molecule has 0 saturated carbocycles. The molecule has 0 spiro atoms. The molecule has 0 fully saturated rings. The molecule has 0 rings (SSSR count). The van der Waals surface area contributed by atoms with Gasteiger partial charge < -0.3 is 10.6 Å². The first-order chi connectivity index (χ1) is 6.01. The number of hydrogen-bond donors (Lipinski definition) is 1. The number of alkyl halides is 3. The lowest BCUT2D eigenvalue weighted by molar-refractivity contribution is -0.135. The van der Waals surface area contributed by atoms with Gasteiger partial charge in [-0.05, 0) is 20.8 Å². The Hall–Kier alpha value is -0.940. The Bertz CT molecular complexity index is 215. The third kappa shape index (κ3) is 6.56. The van der Waals surface area contributed by atoms with Crippen LogP contribution in [0.25, 0.3) is 0 Å². The molecule has 0 bridgehead atoms. The maximum absolute atomic E-state index is 11.9. The Labute approximate surface area is 81.8 Å². The van der Waals surface area contributed by atoms with E-state index in [9.17, 15) is 13.2 Å². The van der Waals surface area contributed by atoms with Gasteiger partial charge in [0.1, 0.15) is 6.54 Å². The van der Waals surface area contributed by atoms with Crippen LogP contribution in [0.1, 0.15) is 20.8 Å². The van der Waals surface area contributed by atoms with Crippen molar-refractivity contribution in [3.05, 3.63) is 0 Å². The topological polar surface area (TPSA) is 41.6 Å². The molecule has 0 unspecified atom stereocenters. The first-order valence-electron chi connectivity index (χ1n) is 4.14. The molecule has 0 aromatic carbocycles. The van der Waals surface area contributed by atoms with Crippen LogP contribution < -0.4 is 5.73 Å². The van der Waals surface area contributed by atoms with Crippen molar-refractivity contribution < 1.29 is 13.2 Å². The second kappa shape index (κ2) is 4.06. The third-order valence-corrected chi connectivity index (χ3v) is 1.26. The quantitative estimate of drug-likeness (QED) is 0.528. The summed E-state index contributed by atoms with van der Waals surface area (Å²) >= 11 is 0. The molecule has 0 aliphatic rings. The highest BCUT2D eigenvalue weighted by Crippen LogP contribution is 2.16. The molecule has 0 radical (unpaired) electrons. The van der Waals surface area contributed by atoms with E-state index in [1.165, 1.54) is 7.05 Å². The van der Waals surface area contributed by atoms with Gasteiger partial charge >= 0.3 is 6.18 Å². The fraction of sp³-hybridized carbons (Fsp3) is 0.875. The lowest BCUT2D eigenvalue weighted by atomic mass is 10.1. The van der Waals surface area contributed by atoms with Gasteiger partial charge in [0.2, 0.25) is 0 Å². The van der Waals surface area contributed by atoms with Crippen molar-refractivity contribution >= 4 is 5.96 Å². The van der Waals surface area contributed by atoms with Gasteiger partial charge in [-0.3, -0.25) is 0 Å². The lowest BCUT2D eigenvalue weighted by Crippen LogP contribution is -2.41. The molecule has 0 saturated heterocycles. The minimum Gasteiger partial charge on any atom is -0.370 e. The van der Waals surface area contributed by atoms with Crippen LogP contribution in [0.4, 0.5) is 13.2 Å². The Morgan fingerprint density at radius 3 is 2.00 bits per heavy atom. The molecule has 14 heavy (non-hydrogen) atoms. The Morgan fingerprint density at radius 2 is 1.71 bits per heavy atom. The molecule has 0 heterocycles. The van der Waals surface area contributed by atoms with Crippen molar-refractivity contribution in [1.82, 2.24) is 4.90 Å². The SMILES string of the molecule is CN(CC(F)(F)F)C(N)=NC(C)(C)C. The highest BCUT2D eigenvalue weighted by molar-refractivity contribution is 5.78. The summed E-state index contributed by atoms with van der Waals surface area (Å²) in [5.41, 5.74) is 4.92. The molecule has 0 aromatic rings. The van der Waals surface area contributed by atoms with E-state index >= 15 is 0 Å². The molecule has 0 aliphatic carbocycles. The lowest BCUT2D eigenvalue weighted by Gasteiger charge is -2.22. The number of rotatable bonds is 1. The summed E-state index contributed by atoms with van der Waals surface area (Å²) in [4.78, 5) is 4.79. The maximum Gasteiger partial charge on any atom is 0.406 e. The average molecular weight is 211 g/mol. The van der Waals surface area contributed by atoms with E-state index in [1.54, 1.807) is 20.8 Å². The van der Waals surface area contributed by atoms with Crippen molar-refractivity contribution in [2.45, 2.75) is 32.5 Å². The number of aliphatic imine (C=N–C) groups is 1. The fourth-order valence-electron chi connectivity index (χ4n) is 0.779. The summed E-state index contributed by atoms with van der Waals surface area (Å²) in [5.74, 6) is -0.102. The molecule has 6 heteroatoms. The summed E-state index contributed by atoms with van der Waals surface area (Å²) in [6, 6.07) is 0. The van der Waals surface area contributed by atoms with Crippen LogP contribution in [0.15, 0.2) is 4.99 Å². The van der Waals surface area contributed by atoms with Gasteiger partial charge in [-0.2, -0.15) is 13.2 Å². The van der Waals surface area contributed by atoms with Crippen molar-refractivity contribution in [3.63, 3.8) is 0 Å². The van der Waals surface area contributed by atoms with Crippen LogP contribution in [0.3, 0.4) is 0 Å². The van der Waals surface area contributed by atoms with E-state index in [-0.39, 0.29) is 5.96 Å². The monoisotopic (exact) mass is 211 g/mol. The van der Waals surface area contributed by atoms with Gasteiger partial charge in [-0.1, -0.05) is 0 Å². The molecule has 0 aromatic heterocycles. The van der Waals surface area contributed by atoms with E-state index in [1.807, 2.05) is 0 Å². The standard InChI is InChI=1S/C8H16F3N3/c1-7(2,3)13-6(12)14(4)5-8(9,10)11/h5H2,1-4H3,(H2,12,13). The predicted molar refractivity (Wildman–Crippen MR) is 50.1 cm³/mol.